The van der Waals surface area contributed by atoms with Gasteiger partial charge in [0, 0.05) is 35.3 Å². The van der Waals surface area contributed by atoms with Crippen LogP contribution in [0, 0.1) is 6.92 Å². The number of hydrogen-bond acceptors (Lipinski definition) is 5. The summed E-state index contributed by atoms with van der Waals surface area (Å²) in [6.45, 7) is 4.37. The number of rotatable bonds is 5. The molecular formula is C17H22N4O3S. The number of hydrogen-bond donors (Lipinski definition) is 3. The second-order valence-corrected chi connectivity index (χ2v) is 7.44. The van der Waals surface area contributed by atoms with Crippen molar-refractivity contribution in [3.8, 4) is 0 Å². The van der Waals surface area contributed by atoms with E-state index in [0.29, 0.717) is 11.3 Å². The van der Waals surface area contributed by atoms with E-state index in [4.69, 9.17) is 0 Å². The highest BCUT2D eigenvalue weighted by molar-refractivity contribution is 7.09. The Labute approximate surface area is 149 Å². The van der Waals surface area contributed by atoms with Gasteiger partial charge in [0.1, 0.15) is 0 Å². The van der Waals surface area contributed by atoms with Crippen molar-refractivity contribution < 1.29 is 4.79 Å². The van der Waals surface area contributed by atoms with Gasteiger partial charge in [0.15, 0.2) is 0 Å². The monoisotopic (exact) mass is 362 g/mol. The highest BCUT2D eigenvalue weighted by atomic mass is 32.1. The number of carbonyl (C=O) groups is 1. The SMILES string of the molecule is Cc1[nH]c(=O)[nH]c(=O)c1CC(=O)N[C@H]1CCCN(Cc2cccs2)C1. The molecule has 1 aliphatic heterocycles. The fourth-order valence-corrected chi connectivity index (χ4v) is 3.96. The van der Waals surface area contributed by atoms with Crippen molar-refractivity contribution in [2.75, 3.05) is 13.1 Å². The molecule has 2 aromatic rings. The van der Waals surface area contributed by atoms with Crippen LogP contribution in [0.25, 0.3) is 0 Å². The van der Waals surface area contributed by atoms with Gasteiger partial charge in [-0.15, -0.1) is 11.3 Å². The van der Waals surface area contributed by atoms with E-state index in [-0.39, 0.29) is 18.4 Å². The Morgan fingerprint density at radius 2 is 2.24 bits per heavy atom. The van der Waals surface area contributed by atoms with Crippen LogP contribution in [0.2, 0.25) is 0 Å². The van der Waals surface area contributed by atoms with Crippen molar-refractivity contribution in [1.29, 1.82) is 0 Å². The number of aryl methyl sites for hydroxylation is 1. The zero-order valence-electron chi connectivity index (χ0n) is 14.1. The molecule has 0 aromatic carbocycles. The molecule has 1 amide bonds. The lowest BCUT2D eigenvalue weighted by atomic mass is 10.0. The molecule has 3 N–H and O–H groups in total. The predicted octanol–water partition coefficient (Wildman–Crippen LogP) is 0.756. The molecule has 1 aliphatic rings. The molecule has 134 valence electrons. The third kappa shape index (κ3) is 4.67. The van der Waals surface area contributed by atoms with E-state index in [1.807, 2.05) is 6.07 Å². The number of nitrogens with zero attached hydrogens (tertiary/aromatic N) is 1. The van der Waals surface area contributed by atoms with Crippen LogP contribution in [0.15, 0.2) is 27.1 Å². The van der Waals surface area contributed by atoms with Crippen LogP contribution < -0.4 is 16.6 Å². The molecule has 7 nitrogen and oxygen atoms in total. The second-order valence-electron chi connectivity index (χ2n) is 6.41. The summed E-state index contributed by atoms with van der Waals surface area (Å²) in [5, 5.41) is 5.10. The van der Waals surface area contributed by atoms with Gasteiger partial charge in [-0.3, -0.25) is 19.5 Å². The minimum atomic E-state index is -0.553. The number of aromatic amines is 2. The average molecular weight is 362 g/mol. The smallest absolute Gasteiger partial charge is 0.325 e. The standard InChI is InChI=1S/C17H22N4O3S/c1-11-14(16(23)20-17(24)18-11)8-15(22)19-12-4-2-6-21(9-12)10-13-5-3-7-25-13/h3,5,7,12H,2,4,6,8-10H2,1H3,(H,19,22)(H2,18,20,23,24)/t12-/m0/s1. The first-order valence-corrected chi connectivity index (χ1v) is 9.25. The fourth-order valence-electron chi connectivity index (χ4n) is 3.22. The highest BCUT2D eigenvalue weighted by Crippen LogP contribution is 2.17. The molecule has 25 heavy (non-hydrogen) atoms. The molecule has 0 spiro atoms. The number of amides is 1. The van der Waals surface area contributed by atoms with Crippen molar-refractivity contribution in [1.82, 2.24) is 20.2 Å². The topological polar surface area (TPSA) is 98.1 Å². The Morgan fingerprint density at radius 1 is 1.40 bits per heavy atom. The van der Waals surface area contributed by atoms with Crippen molar-refractivity contribution in [3.05, 3.63) is 54.5 Å². The number of carbonyl (C=O) groups excluding carboxylic acids is 1. The molecule has 0 aliphatic carbocycles. The Morgan fingerprint density at radius 3 is 2.96 bits per heavy atom. The van der Waals surface area contributed by atoms with Gasteiger partial charge >= 0.3 is 5.69 Å². The number of nitrogens with one attached hydrogen (secondary N) is 3. The number of piperidine rings is 1. The fraction of sp³-hybridized carbons (Fsp3) is 0.471. The lowest BCUT2D eigenvalue weighted by molar-refractivity contribution is -0.121. The van der Waals surface area contributed by atoms with E-state index < -0.39 is 11.2 Å². The van der Waals surface area contributed by atoms with Crippen LogP contribution in [-0.2, 0) is 17.8 Å². The van der Waals surface area contributed by atoms with Crippen LogP contribution >= 0.6 is 11.3 Å². The summed E-state index contributed by atoms with van der Waals surface area (Å²) in [4.78, 5) is 43.7. The maximum atomic E-state index is 12.3. The van der Waals surface area contributed by atoms with Crippen molar-refractivity contribution in [3.63, 3.8) is 0 Å². The molecule has 3 rings (SSSR count). The van der Waals surface area contributed by atoms with Crippen LogP contribution in [0.5, 0.6) is 0 Å². The first-order valence-electron chi connectivity index (χ1n) is 8.37. The normalized spacial score (nSPS) is 18.2. The molecule has 1 atom stereocenters. The van der Waals surface area contributed by atoms with Crippen LogP contribution in [0.4, 0.5) is 0 Å². The Hall–Kier alpha value is -2.19. The number of likely N-dealkylation sites (tertiary alicyclic amines) is 1. The maximum Gasteiger partial charge on any atom is 0.325 e. The summed E-state index contributed by atoms with van der Waals surface area (Å²) < 4.78 is 0. The van der Waals surface area contributed by atoms with Gasteiger partial charge in [-0.25, -0.2) is 4.79 Å². The molecule has 0 saturated carbocycles. The molecule has 0 unspecified atom stereocenters. The first kappa shape index (κ1) is 17.6. The summed E-state index contributed by atoms with van der Waals surface area (Å²) in [6, 6.07) is 4.26. The van der Waals surface area contributed by atoms with Gasteiger partial charge in [-0.05, 0) is 37.8 Å². The van der Waals surface area contributed by atoms with Crippen LogP contribution in [-0.4, -0.2) is 39.9 Å². The Bertz CT molecular complexity index is 840. The minimum Gasteiger partial charge on any atom is -0.352 e. The van der Waals surface area contributed by atoms with Gasteiger partial charge < -0.3 is 10.3 Å². The van der Waals surface area contributed by atoms with Crippen molar-refractivity contribution >= 4 is 17.2 Å². The van der Waals surface area contributed by atoms with Gasteiger partial charge in [-0.2, -0.15) is 0 Å². The average Bonchev–Trinajstić information content (AvgIpc) is 3.04. The van der Waals surface area contributed by atoms with Gasteiger partial charge in [-0.1, -0.05) is 6.07 Å². The maximum absolute atomic E-state index is 12.3. The van der Waals surface area contributed by atoms with Gasteiger partial charge in [0.25, 0.3) is 5.56 Å². The summed E-state index contributed by atoms with van der Waals surface area (Å²) in [7, 11) is 0. The molecule has 1 fully saturated rings. The lowest BCUT2D eigenvalue weighted by Gasteiger charge is -2.32. The zero-order valence-corrected chi connectivity index (χ0v) is 14.9. The minimum absolute atomic E-state index is 0.0284. The van der Waals surface area contributed by atoms with E-state index in [1.165, 1.54) is 4.88 Å². The second kappa shape index (κ2) is 7.79. The highest BCUT2D eigenvalue weighted by Gasteiger charge is 2.22. The van der Waals surface area contributed by atoms with E-state index in [0.717, 1.165) is 32.5 Å². The number of thiophene rings is 1. The quantitative estimate of drug-likeness (QED) is 0.731. The first-order chi connectivity index (χ1) is 12.0. The van der Waals surface area contributed by atoms with Crippen LogP contribution in [0.1, 0.15) is 29.0 Å². The largest absolute Gasteiger partial charge is 0.352 e. The molecule has 3 heterocycles. The molecule has 1 saturated heterocycles. The molecule has 8 heteroatoms. The zero-order chi connectivity index (χ0) is 17.8. The lowest BCUT2D eigenvalue weighted by Crippen LogP contribution is -2.48. The third-order valence-corrected chi connectivity index (χ3v) is 5.28. The molecular weight excluding hydrogens is 340 g/mol. The van der Waals surface area contributed by atoms with Crippen molar-refractivity contribution in [2.24, 2.45) is 0 Å². The van der Waals surface area contributed by atoms with E-state index in [9.17, 15) is 14.4 Å². The predicted molar refractivity (Wildman–Crippen MR) is 96.9 cm³/mol. The van der Waals surface area contributed by atoms with Gasteiger partial charge in [0.2, 0.25) is 5.91 Å². The van der Waals surface area contributed by atoms with Crippen molar-refractivity contribution in [2.45, 2.75) is 38.8 Å². The summed E-state index contributed by atoms with van der Waals surface area (Å²) in [5.41, 5.74) is -0.308. The van der Waals surface area contributed by atoms with E-state index >= 15 is 0 Å². The summed E-state index contributed by atoms with van der Waals surface area (Å²) in [6.07, 6.45) is 1.95. The molecule has 0 bridgehead atoms. The molecule has 0 radical (unpaired) electrons. The third-order valence-electron chi connectivity index (χ3n) is 4.42. The Balaban J connectivity index is 1.57. The number of aromatic nitrogens is 2. The van der Waals surface area contributed by atoms with Gasteiger partial charge in [0.05, 0.1) is 6.42 Å². The van der Waals surface area contributed by atoms with E-state index in [1.54, 1.807) is 18.3 Å². The van der Waals surface area contributed by atoms with Crippen LogP contribution in [0.3, 0.4) is 0 Å². The summed E-state index contributed by atoms with van der Waals surface area (Å²) >= 11 is 1.74. The molecule has 2 aromatic heterocycles. The number of H-pyrrole nitrogens is 2. The Kier molecular flexibility index (Phi) is 5.50. The summed E-state index contributed by atoms with van der Waals surface area (Å²) in [5.74, 6) is -0.191. The van der Waals surface area contributed by atoms with E-state index in [2.05, 4.69) is 31.6 Å².